The number of carbonyl (C=O) groups excluding carboxylic acids is 2. The van der Waals surface area contributed by atoms with Crippen molar-refractivity contribution < 1.29 is 9.59 Å². The van der Waals surface area contributed by atoms with Crippen molar-refractivity contribution in [3.05, 3.63) is 57.8 Å². The molecule has 2 amide bonds. The quantitative estimate of drug-likeness (QED) is 0.803. The Bertz CT molecular complexity index is 727. The maximum atomic E-state index is 12.4. The number of carbonyl (C=O) groups is 2. The van der Waals surface area contributed by atoms with Gasteiger partial charge in [0, 0.05) is 23.9 Å². The first kappa shape index (κ1) is 17.7. The maximum absolute atomic E-state index is 12.4. The highest BCUT2D eigenvalue weighted by atomic mass is 32.1. The van der Waals surface area contributed by atoms with E-state index < -0.39 is 0 Å². The molecular formula is C20H24N2O2S. The number of amides is 2. The van der Waals surface area contributed by atoms with Crippen LogP contribution in [0.1, 0.15) is 53.7 Å². The Morgan fingerprint density at radius 1 is 1.24 bits per heavy atom. The highest BCUT2D eigenvalue weighted by Crippen LogP contribution is 2.32. The Labute approximate surface area is 152 Å². The molecule has 25 heavy (non-hydrogen) atoms. The van der Waals surface area contributed by atoms with Gasteiger partial charge >= 0.3 is 0 Å². The minimum absolute atomic E-state index is 0.0147. The molecule has 1 aromatic heterocycles. The first-order valence-electron chi connectivity index (χ1n) is 8.82. The lowest BCUT2D eigenvalue weighted by Gasteiger charge is -2.25. The van der Waals surface area contributed by atoms with Crippen LogP contribution in [-0.4, -0.2) is 18.4 Å². The van der Waals surface area contributed by atoms with Crippen LogP contribution in [0.15, 0.2) is 41.1 Å². The van der Waals surface area contributed by atoms with Crippen LogP contribution in [0.2, 0.25) is 0 Å². The van der Waals surface area contributed by atoms with Crippen LogP contribution in [-0.2, 0) is 11.2 Å². The highest BCUT2D eigenvalue weighted by molar-refractivity contribution is 7.08. The van der Waals surface area contributed by atoms with E-state index in [4.69, 9.17) is 0 Å². The highest BCUT2D eigenvalue weighted by Gasteiger charge is 2.25. The van der Waals surface area contributed by atoms with Crippen LogP contribution < -0.4 is 10.6 Å². The average Bonchev–Trinajstić information content (AvgIpc) is 3.10. The predicted octanol–water partition coefficient (Wildman–Crippen LogP) is 3.70. The SMILES string of the molecule is C[C@@H]1CCCc2ccccc2[C@H]1NC(=O)CCNC(=O)c1ccsc1. The summed E-state index contributed by atoms with van der Waals surface area (Å²) < 4.78 is 0. The zero-order chi connectivity index (χ0) is 17.6. The van der Waals surface area contributed by atoms with E-state index in [-0.39, 0.29) is 17.9 Å². The van der Waals surface area contributed by atoms with Crippen LogP contribution in [0.4, 0.5) is 0 Å². The van der Waals surface area contributed by atoms with Crippen molar-refractivity contribution in [2.24, 2.45) is 5.92 Å². The van der Waals surface area contributed by atoms with Crippen LogP contribution in [0.5, 0.6) is 0 Å². The number of fused-ring (bicyclic) bond motifs is 1. The molecule has 0 fully saturated rings. The van der Waals surface area contributed by atoms with Gasteiger partial charge in [0.2, 0.25) is 5.91 Å². The van der Waals surface area contributed by atoms with Gasteiger partial charge in [-0.2, -0.15) is 11.3 Å². The number of benzene rings is 1. The Morgan fingerprint density at radius 2 is 2.08 bits per heavy atom. The lowest BCUT2D eigenvalue weighted by Crippen LogP contribution is -2.35. The number of aryl methyl sites for hydroxylation is 1. The molecule has 2 aromatic rings. The van der Waals surface area contributed by atoms with Gasteiger partial charge in [-0.05, 0) is 47.8 Å². The Morgan fingerprint density at radius 3 is 2.88 bits per heavy atom. The number of rotatable bonds is 5. The first-order chi connectivity index (χ1) is 12.1. The number of hydrogen-bond acceptors (Lipinski definition) is 3. The second-order valence-corrected chi connectivity index (χ2v) is 7.41. The largest absolute Gasteiger partial charge is 0.351 e. The van der Waals surface area contributed by atoms with Crippen molar-refractivity contribution in [3.8, 4) is 0 Å². The molecule has 1 aliphatic rings. The lowest BCUT2D eigenvalue weighted by molar-refractivity contribution is -0.122. The minimum atomic E-state index is -0.123. The fraction of sp³-hybridized carbons (Fsp3) is 0.400. The van der Waals surface area contributed by atoms with Gasteiger partial charge in [-0.3, -0.25) is 9.59 Å². The van der Waals surface area contributed by atoms with Gasteiger partial charge in [0.05, 0.1) is 6.04 Å². The second-order valence-electron chi connectivity index (χ2n) is 6.63. The molecule has 2 atom stereocenters. The second kappa shape index (κ2) is 8.30. The molecule has 4 nitrogen and oxygen atoms in total. The molecular weight excluding hydrogens is 332 g/mol. The van der Waals surface area contributed by atoms with Gasteiger partial charge in [0.25, 0.3) is 5.91 Å². The molecule has 132 valence electrons. The topological polar surface area (TPSA) is 58.2 Å². The summed E-state index contributed by atoms with van der Waals surface area (Å²) in [4.78, 5) is 24.3. The Hall–Kier alpha value is -2.14. The molecule has 2 N–H and O–H groups in total. The molecule has 0 bridgehead atoms. The summed E-state index contributed by atoms with van der Waals surface area (Å²) >= 11 is 1.49. The third-order valence-electron chi connectivity index (χ3n) is 4.80. The van der Waals surface area contributed by atoms with Crippen LogP contribution in [0.25, 0.3) is 0 Å². The predicted molar refractivity (Wildman–Crippen MR) is 101 cm³/mol. The van der Waals surface area contributed by atoms with Gasteiger partial charge in [-0.15, -0.1) is 0 Å². The third kappa shape index (κ3) is 4.48. The normalized spacial score (nSPS) is 19.6. The van der Waals surface area contributed by atoms with Crippen molar-refractivity contribution in [3.63, 3.8) is 0 Å². The summed E-state index contributed by atoms with van der Waals surface area (Å²) in [5.41, 5.74) is 3.22. The van der Waals surface area contributed by atoms with Crippen molar-refractivity contribution >= 4 is 23.2 Å². The molecule has 0 saturated carbocycles. The summed E-state index contributed by atoms with van der Waals surface area (Å²) in [7, 11) is 0. The van der Waals surface area contributed by atoms with Crippen LogP contribution >= 0.6 is 11.3 Å². The molecule has 0 unspecified atom stereocenters. The van der Waals surface area contributed by atoms with E-state index >= 15 is 0 Å². The number of hydrogen-bond donors (Lipinski definition) is 2. The van der Waals surface area contributed by atoms with Crippen LogP contribution in [0.3, 0.4) is 0 Å². The standard InChI is InChI=1S/C20H24N2O2S/c1-14-5-4-7-15-6-2-3-8-17(15)19(14)22-18(23)9-11-21-20(24)16-10-12-25-13-16/h2-3,6,8,10,12-14,19H,4-5,7,9,11H2,1H3,(H,21,24)(H,22,23)/t14-,19+/m1/s1. The number of nitrogens with one attached hydrogen (secondary N) is 2. The van der Waals surface area contributed by atoms with Gasteiger partial charge in [-0.25, -0.2) is 0 Å². The van der Waals surface area contributed by atoms with Crippen molar-refractivity contribution in [1.82, 2.24) is 10.6 Å². The van der Waals surface area contributed by atoms with E-state index in [1.165, 1.54) is 22.5 Å². The monoisotopic (exact) mass is 356 g/mol. The van der Waals surface area contributed by atoms with E-state index in [2.05, 4.69) is 35.8 Å². The fourth-order valence-electron chi connectivity index (χ4n) is 3.40. The summed E-state index contributed by atoms with van der Waals surface area (Å²) in [5.74, 6) is 0.273. The zero-order valence-electron chi connectivity index (χ0n) is 14.5. The van der Waals surface area contributed by atoms with E-state index in [9.17, 15) is 9.59 Å². The molecule has 3 rings (SSSR count). The minimum Gasteiger partial charge on any atom is -0.351 e. The van der Waals surface area contributed by atoms with Gasteiger partial charge in [0.15, 0.2) is 0 Å². The molecule has 1 heterocycles. The van der Waals surface area contributed by atoms with Crippen molar-refractivity contribution in [2.45, 2.75) is 38.6 Å². The van der Waals surface area contributed by atoms with Gasteiger partial charge in [0.1, 0.15) is 0 Å². The molecule has 1 aliphatic carbocycles. The van der Waals surface area contributed by atoms with Gasteiger partial charge in [-0.1, -0.05) is 31.2 Å². The molecule has 0 aliphatic heterocycles. The van der Waals surface area contributed by atoms with E-state index in [0.717, 1.165) is 19.3 Å². The Balaban J connectivity index is 1.56. The summed E-state index contributed by atoms with van der Waals surface area (Å²) in [6.07, 6.45) is 3.63. The summed E-state index contributed by atoms with van der Waals surface area (Å²) in [6.45, 7) is 2.55. The lowest BCUT2D eigenvalue weighted by atomic mass is 9.92. The smallest absolute Gasteiger partial charge is 0.252 e. The molecule has 0 spiro atoms. The average molecular weight is 356 g/mol. The molecule has 0 saturated heterocycles. The summed E-state index contributed by atoms with van der Waals surface area (Å²) in [6, 6.07) is 10.2. The fourth-order valence-corrected chi connectivity index (χ4v) is 4.04. The number of thiophene rings is 1. The van der Waals surface area contributed by atoms with Crippen LogP contribution in [0, 0.1) is 5.92 Å². The van der Waals surface area contributed by atoms with Crippen molar-refractivity contribution in [1.29, 1.82) is 0 Å². The maximum Gasteiger partial charge on any atom is 0.252 e. The Kier molecular flexibility index (Phi) is 5.87. The van der Waals surface area contributed by atoms with E-state index in [1.807, 2.05) is 11.4 Å². The van der Waals surface area contributed by atoms with Crippen molar-refractivity contribution in [2.75, 3.05) is 6.54 Å². The first-order valence-corrected chi connectivity index (χ1v) is 9.77. The molecule has 1 aromatic carbocycles. The van der Waals surface area contributed by atoms with E-state index in [0.29, 0.717) is 24.4 Å². The van der Waals surface area contributed by atoms with Gasteiger partial charge < -0.3 is 10.6 Å². The van der Waals surface area contributed by atoms with E-state index in [1.54, 1.807) is 11.4 Å². The summed E-state index contributed by atoms with van der Waals surface area (Å²) in [5, 5.41) is 9.66. The zero-order valence-corrected chi connectivity index (χ0v) is 15.3. The third-order valence-corrected chi connectivity index (χ3v) is 5.49. The molecule has 0 radical (unpaired) electrons. The molecule has 5 heteroatoms.